The zero-order chi connectivity index (χ0) is 11.3. The lowest BCUT2D eigenvalue weighted by Crippen LogP contribution is -2.42. The van der Waals surface area contributed by atoms with Crippen LogP contribution in [0.15, 0.2) is 0 Å². The Balaban J connectivity index is 2.10. The van der Waals surface area contributed by atoms with Crippen molar-refractivity contribution in [1.82, 2.24) is 5.32 Å². The molecule has 1 saturated carbocycles. The number of hydrogen-bond donors (Lipinski definition) is 2. The summed E-state index contributed by atoms with van der Waals surface area (Å²) in [7, 11) is 0. The smallest absolute Gasteiger partial charge is 0.236 e. The van der Waals surface area contributed by atoms with Crippen LogP contribution in [0.25, 0.3) is 0 Å². The molecule has 3 nitrogen and oxygen atoms in total. The quantitative estimate of drug-likeness (QED) is 0.674. The maximum atomic E-state index is 11.6. The van der Waals surface area contributed by atoms with Gasteiger partial charge in [-0.15, -0.1) is 0 Å². The third kappa shape index (κ3) is 4.65. The molecule has 0 aromatic heterocycles. The normalized spacial score (nSPS) is 19.7. The van der Waals surface area contributed by atoms with E-state index in [1.807, 2.05) is 0 Å². The van der Waals surface area contributed by atoms with Crippen molar-refractivity contribution in [2.45, 2.75) is 52.0 Å². The zero-order valence-electron chi connectivity index (χ0n) is 9.96. The molecule has 0 heterocycles. The van der Waals surface area contributed by atoms with Crippen LogP contribution in [0.2, 0.25) is 0 Å². The molecule has 1 aliphatic carbocycles. The van der Waals surface area contributed by atoms with Crippen LogP contribution in [0.5, 0.6) is 0 Å². The molecule has 0 bridgehead atoms. The van der Waals surface area contributed by atoms with Gasteiger partial charge in [-0.05, 0) is 31.1 Å². The highest BCUT2D eigenvalue weighted by Crippen LogP contribution is 2.35. The van der Waals surface area contributed by atoms with Gasteiger partial charge in [-0.3, -0.25) is 4.79 Å². The number of carbonyl (C=O) groups excluding carboxylic acids is 1. The molecule has 2 atom stereocenters. The molecule has 2 unspecified atom stereocenters. The number of hydrogen-bond acceptors (Lipinski definition) is 2. The van der Waals surface area contributed by atoms with E-state index in [2.05, 4.69) is 19.2 Å². The van der Waals surface area contributed by atoms with E-state index in [1.54, 1.807) is 0 Å². The van der Waals surface area contributed by atoms with Gasteiger partial charge in [-0.25, -0.2) is 0 Å². The van der Waals surface area contributed by atoms with Crippen molar-refractivity contribution in [2.75, 3.05) is 6.54 Å². The first-order valence-corrected chi connectivity index (χ1v) is 6.18. The predicted octanol–water partition coefficient (Wildman–Crippen LogP) is 1.67. The van der Waals surface area contributed by atoms with E-state index in [-0.39, 0.29) is 11.9 Å². The van der Waals surface area contributed by atoms with Gasteiger partial charge in [0.05, 0.1) is 6.04 Å². The fourth-order valence-corrected chi connectivity index (χ4v) is 1.78. The van der Waals surface area contributed by atoms with Crippen molar-refractivity contribution in [3.8, 4) is 0 Å². The third-order valence-corrected chi connectivity index (χ3v) is 3.23. The number of carbonyl (C=O) groups is 1. The molecule has 0 aromatic carbocycles. The molecule has 88 valence electrons. The molecule has 1 aliphatic rings. The molecule has 15 heavy (non-hydrogen) atoms. The maximum absolute atomic E-state index is 11.6. The van der Waals surface area contributed by atoms with Gasteiger partial charge >= 0.3 is 0 Å². The van der Waals surface area contributed by atoms with Crippen LogP contribution >= 0.6 is 0 Å². The van der Waals surface area contributed by atoms with E-state index in [4.69, 9.17) is 5.73 Å². The minimum Gasteiger partial charge on any atom is -0.354 e. The molecule has 1 fully saturated rings. The molecule has 0 aliphatic heterocycles. The topological polar surface area (TPSA) is 55.1 Å². The third-order valence-electron chi connectivity index (χ3n) is 3.23. The predicted molar refractivity (Wildman–Crippen MR) is 62.4 cm³/mol. The fraction of sp³-hybridized carbons (Fsp3) is 0.917. The lowest BCUT2D eigenvalue weighted by molar-refractivity contribution is -0.122. The Hall–Kier alpha value is -0.570. The summed E-state index contributed by atoms with van der Waals surface area (Å²) >= 11 is 0. The van der Waals surface area contributed by atoms with Crippen LogP contribution in [0.3, 0.4) is 0 Å². The van der Waals surface area contributed by atoms with Crippen LogP contribution in [0.1, 0.15) is 46.0 Å². The number of rotatable bonds is 7. The number of nitrogens with one attached hydrogen (secondary N) is 1. The second kappa shape index (κ2) is 6.11. The average Bonchev–Trinajstić information content (AvgIpc) is 3.05. The van der Waals surface area contributed by atoms with Gasteiger partial charge < -0.3 is 11.1 Å². The summed E-state index contributed by atoms with van der Waals surface area (Å²) in [6.07, 6.45) is 5.60. The number of nitrogens with two attached hydrogens (primary N) is 1. The largest absolute Gasteiger partial charge is 0.354 e. The highest BCUT2D eigenvalue weighted by atomic mass is 16.2. The van der Waals surface area contributed by atoms with Gasteiger partial charge in [-0.2, -0.15) is 0 Å². The SMILES string of the molecule is CCCCC(N)C(=O)NCC(C)C1CC1. The van der Waals surface area contributed by atoms with Crippen molar-refractivity contribution >= 4 is 5.91 Å². The van der Waals surface area contributed by atoms with Crippen LogP contribution in [-0.4, -0.2) is 18.5 Å². The number of unbranched alkanes of at least 4 members (excludes halogenated alkanes) is 1. The summed E-state index contributed by atoms with van der Waals surface area (Å²) in [5, 5.41) is 2.95. The Kier molecular flexibility index (Phi) is 5.09. The zero-order valence-corrected chi connectivity index (χ0v) is 9.96. The molecular formula is C12H24N2O. The van der Waals surface area contributed by atoms with E-state index in [1.165, 1.54) is 12.8 Å². The summed E-state index contributed by atoms with van der Waals surface area (Å²) in [4.78, 5) is 11.6. The lowest BCUT2D eigenvalue weighted by Gasteiger charge is -2.15. The molecule has 0 saturated heterocycles. The Morgan fingerprint density at radius 3 is 2.73 bits per heavy atom. The second-order valence-corrected chi connectivity index (χ2v) is 4.81. The van der Waals surface area contributed by atoms with E-state index < -0.39 is 0 Å². The van der Waals surface area contributed by atoms with Crippen molar-refractivity contribution in [3.05, 3.63) is 0 Å². The standard InChI is InChI=1S/C12H24N2O/c1-3-4-5-11(13)12(15)14-8-9(2)10-6-7-10/h9-11H,3-8,13H2,1-2H3,(H,14,15). The first kappa shape index (κ1) is 12.5. The first-order valence-electron chi connectivity index (χ1n) is 6.18. The monoisotopic (exact) mass is 212 g/mol. The molecule has 1 rings (SSSR count). The van der Waals surface area contributed by atoms with Gasteiger partial charge in [-0.1, -0.05) is 26.7 Å². The van der Waals surface area contributed by atoms with E-state index >= 15 is 0 Å². The van der Waals surface area contributed by atoms with Crippen LogP contribution in [0, 0.1) is 11.8 Å². The van der Waals surface area contributed by atoms with E-state index in [0.717, 1.165) is 31.7 Å². The highest BCUT2D eigenvalue weighted by molar-refractivity contribution is 5.81. The summed E-state index contributed by atoms with van der Waals surface area (Å²) < 4.78 is 0. The van der Waals surface area contributed by atoms with Gasteiger partial charge in [0.15, 0.2) is 0 Å². The molecule has 1 amide bonds. The van der Waals surface area contributed by atoms with Gasteiger partial charge in [0.1, 0.15) is 0 Å². The Bertz CT molecular complexity index is 202. The van der Waals surface area contributed by atoms with E-state index in [0.29, 0.717) is 5.92 Å². The fourth-order valence-electron chi connectivity index (χ4n) is 1.78. The minimum atomic E-state index is -0.309. The number of amides is 1. The van der Waals surface area contributed by atoms with Gasteiger partial charge in [0, 0.05) is 6.54 Å². The molecule has 0 spiro atoms. The average molecular weight is 212 g/mol. The second-order valence-electron chi connectivity index (χ2n) is 4.81. The van der Waals surface area contributed by atoms with Gasteiger partial charge in [0.2, 0.25) is 5.91 Å². The summed E-state index contributed by atoms with van der Waals surface area (Å²) in [6.45, 7) is 5.11. The molecule has 3 N–H and O–H groups in total. The summed E-state index contributed by atoms with van der Waals surface area (Å²) in [5.74, 6) is 1.49. The molecule has 0 aromatic rings. The van der Waals surface area contributed by atoms with Crippen LogP contribution in [-0.2, 0) is 4.79 Å². The van der Waals surface area contributed by atoms with Crippen molar-refractivity contribution in [3.63, 3.8) is 0 Å². The Morgan fingerprint density at radius 2 is 2.20 bits per heavy atom. The van der Waals surface area contributed by atoms with E-state index in [9.17, 15) is 4.79 Å². The molecule has 3 heteroatoms. The lowest BCUT2D eigenvalue weighted by atomic mass is 10.1. The summed E-state index contributed by atoms with van der Waals surface area (Å²) in [5.41, 5.74) is 5.77. The first-order chi connectivity index (χ1) is 7.15. The summed E-state index contributed by atoms with van der Waals surface area (Å²) in [6, 6.07) is -0.309. The van der Waals surface area contributed by atoms with Gasteiger partial charge in [0.25, 0.3) is 0 Å². The Labute approximate surface area is 92.8 Å². The molecular weight excluding hydrogens is 188 g/mol. The van der Waals surface area contributed by atoms with Crippen LogP contribution < -0.4 is 11.1 Å². The van der Waals surface area contributed by atoms with Crippen molar-refractivity contribution in [1.29, 1.82) is 0 Å². The maximum Gasteiger partial charge on any atom is 0.236 e. The van der Waals surface area contributed by atoms with Crippen molar-refractivity contribution in [2.24, 2.45) is 17.6 Å². The minimum absolute atomic E-state index is 0.0240. The van der Waals surface area contributed by atoms with Crippen LogP contribution in [0.4, 0.5) is 0 Å². The molecule has 0 radical (unpaired) electrons. The highest BCUT2D eigenvalue weighted by Gasteiger charge is 2.28. The Morgan fingerprint density at radius 1 is 1.53 bits per heavy atom. The van der Waals surface area contributed by atoms with Crippen molar-refractivity contribution < 1.29 is 4.79 Å².